The van der Waals surface area contributed by atoms with E-state index in [0.717, 1.165) is 11.1 Å². The molecule has 6 nitrogen and oxygen atoms in total. The fraction of sp³-hybridized carbons (Fsp3) is 0.227. The molecule has 2 aromatic heterocycles. The highest BCUT2D eigenvalue weighted by Gasteiger charge is 2.21. The summed E-state index contributed by atoms with van der Waals surface area (Å²) in [5.74, 6) is 0. The molecule has 142 valence electrons. The Morgan fingerprint density at radius 3 is 2.32 bits per heavy atom. The van der Waals surface area contributed by atoms with Crippen LogP contribution in [0.3, 0.4) is 0 Å². The number of hydrogen-bond acceptors (Lipinski definition) is 3. The first-order valence-electron chi connectivity index (χ1n) is 9.37. The molecule has 0 bridgehead atoms. The lowest BCUT2D eigenvalue weighted by Crippen LogP contribution is -2.39. The number of fused-ring (bicyclic) bond motifs is 1. The molecule has 0 aliphatic carbocycles. The normalized spacial score (nSPS) is 12.4. The van der Waals surface area contributed by atoms with Crippen molar-refractivity contribution < 1.29 is 0 Å². The van der Waals surface area contributed by atoms with Crippen molar-refractivity contribution >= 4 is 11.2 Å². The van der Waals surface area contributed by atoms with Crippen LogP contribution in [0.1, 0.15) is 31.0 Å². The highest BCUT2D eigenvalue weighted by atomic mass is 16.2. The maximum Gasteiger partial charge on any atom is 0.337 e. The molecule has 2 heterocycles. The van der Waals surface area contributed by atoms with Crippen LogP contribution < -0.4 is 11.2 Å². The highest BCUT2D eigenvalue weighted by molar-refractivity contribution is 5.72. The molecule has 0 saturated carbocycles. The molecule has 1 atom stereocenters. The number of benzene rings is 2. The average Bonchev–Trinajstić information content (AvgIpc) is 3.15. The SMILES string of the molecule is CCn1c(=O)c2c(ncn2C(C)c2ccccc2)n(-c2ccc(C)cc2)c1=O. The fourth-order valence-corrected chi connectivity index (χ4v) is 3.54. The van der Waals surface area contributed by atoms with Gasteiger partial charge in [0.2, 0.25) is 0 Å². The molecule has 0 aliphatic heterocycles. The number of imidazole rings is 1. The number of hydrogen-bond donors (Lipinski definition) is 0. The molecule has 0 saturated heterocycles. The van der Waals surface area contributed by atoms with Crippen LogP contribution >= 0.6 is 0 Å². The molecule has 0 N–H and O–H groups in total. The van der Waals surface area contributed by atoms with Crippen molar-refractivity contribution in [2.45, 2.75) is 33.4 Å². The van der Waals surface area contributed by atoms with Gasteiger partial charge >= 0.3 is 5.69 Å². The number of nitrogens with zero attached hydrogens (tertiary/aromatic N) is 4. The van der Waals surface area contributed by atoms with Gasteiger partial charge in [-0.05, 0) is 38.5 Å². The Bertz CT molecular complexity index is 1250. The second kappa shape index (κ2) is 6.96. The Hall–Kier alpha value is -3.41. The van der Waals surface area contributed by atoms with E-state index >= 15 is 0 Å². The molecule has 0 aliphatic rings. The average molecular weight is 374 g/mol. The summed E-state index contributed by atoms with van der Waals surface area (Å²) in [6, 6.07) is 17.5. The van der Waals surface area contributed by atoms with E-state index in [9.17, 15) is 9.59 Å². The van der Waals surface area contributed by atoms with Crippen LogP contribution in [0.4, 0.5) is 0 Å². The molecule has 0 spiro atoms. The molecule has 4 rings (SSSR count). The Labute approximate surface area is 162 Å². The molecule has 0 amide bonds. The van der Waals surface area contributed by atoms with Crippen LogP contribution in [0.25, 0.3) is 16.9 Å². The third-order valence-electron chi connectivity index (χ3n) is 5.16. The summed E-state index contributed by atoms with van der Waals surface area (Å²) in [5.41, 5.74) is 2.98. The van der Waals surface area contributed by atoms with Crippen LogP contribution in [0.15, 0.2) is 70.5 Å². The maximum absolute atomic E-state index is 13.1. The van der Waals surface area contributed by atoms with Gasteiger partial charge in [0.25, 0.3) is 5.56 Å². The predicted molar refractivity (Wildman–Crippen MR) is 110 cm³/mol. The van der Waals surface area contributed by atoms with Gasteiger partial charge in [-0.25, -0.2) is 14.3 Å². The van der Waals surface area contributed by atoms with Crippen LogP contribution in [0.5, 0.6) is 0 Å². The van der Waals surface area contributed by atoms with Gasteiger partial charge in [0.05, 0.1) is 18.1 Å². The van der Waals surface area contributed by atoms with Crippen LogP contribution in [-0.2, 0) is 6.54 Å². The summed E-state index contributed by atoms with van der Waals surface area (Å²) in [6.45, 7) is 6.11. The smallest absolute Gasteiger partial charge is 0.317 e. The maximum atomic E-state index is 13.1. The molecular formula is C22H22N4O2. The summed E-state index contributed by atoms with van der Waals surface area (Å²) < 4.78 is 4.63. The van der Waals surface area contributed by atoms with Gasteiger partial charge in [-0.2, -0.15) is 0 Å². The first-order valence-corrected chi connectivity index (χ1v) is 9.37. The molecule has 1 unspecified atom stereocenters. The summed E-state index contributed by atoms with van der Waals surface area (Å²) >= 11 is 0. The van der Waals surface area contributed by atoms with Crippen molar-refractivity contribution in [2.75, 3.05) is 0 Å². The fourth-order valence-electron chi connectivity index (χ4n) is 3.54. The summed E-state index contributed by atoms with van der Waals surface area (Å²) in [5, 5.41) is 0. The van der Waals surface area contributed by atoms with Crippen LogP contribution in [-0.4, -0.2) is 18.7 Å². The van der Waals surface area contributed by atoms with Crippen molar-refractivity contribution in [1.29, 1.82) is 0 Å². The van der Waals surface area contributed by atoms with Crippen molar-refractivity contribution in [1.82, 2.24) is 18.7 Å². The van der Waals surface area contributed by atoms with Crippen LogP contribution in [0.2, 0.25) is 0 Å². The standard InChI is InChI=1S/C22H22N4O2/c1-4-24-21(27)19-20(26(22(24)28)18-12-10-15(2)11-13-18)23-14-25(19)16(3)17-8-6-5-7-9-17/h5-14,16H,4H2,1-3H3. The lowest BCUT2D eigenvalue weighted by atomic mass is 10.1. The lowest BCUT2D eigenvalue weighted by Gasteiger charge is -2.16. The zero-order chi connectivity index (χ0) is 19.8. The summed E-state index contributed by atoms with van der Waals surface area (Å²) in [6.07, 6.45) is 1.65. The summed E-state index contributed by atoms with van der Waals surface area (Å²) in [7, 11) is 0. The van der Waals surface area contributed by atoms with E-state index in [1.54, 1.807) is 13.3 Å². The highest BCUT2D eigenvalue weighted by Crippen LogP contribution is 2.22. The second-order valence-electron chi connectivity index (χ2n) is 6.91. The molecule has 0 radical (unpaired) electrons. The van der Waals surface area contributed by atoms with Crippen molar-refractivity contribution in [2.24, 2.45) is 0 Å². The van der Waals surface area contributed by atoms with Gasteiger partial charge in [0, 0.05) is 6.54 Å². The number of aryl methyl sites for hydroxylation is 1. The van der Waals surface area contributed by atoms with E-state index in [1.165, 1.54) is 9.13 Å². The van der Waals surface area contributed by atoms with E-state index in [0.29, 0.717) is 23.4 Å². The second-order valence-corrected chi connectivity index (χ2v) is 6.91. The van der Waals surface area contributed by atoms with Gasteiger partial charge in [0.15, 0.2) is 11.2 Å². The Kier molecular flexibility index (Phi) is 4.47. The first-order chi connectivity index (χ1) is 13.5. The first kappa shape index (κ1) is 18.0. The van der Waals surface area contributed by atoms with Gasteiger partial charge in [-0.3, -0.25) is 9.36 Å². The Balaban J connectivity index is 2.04. The third-order valence-corrected chi connectivity index (χ3v) is 5.16. The summed E-state index contributed by atoms with van der Waals surface area (Å²) in [4.78, 5) is 30.6. The topological polar surface area (TPSA) is 61.8 Å². The molecular weight excluding hydrogens is 352 g/mol. The van der Waals surface area contributed by atoms with Gasteiger partial charge in [-0.1, -0.05) is 48.0 Å². The van der Waals surface area contributed by atoms with Gasteiger partial charge < -0.3 is 4.57 Å². The van der Waals surface area contributed by atoms with E-state index in [4.69, 9.17) is 0 Å². The number of rotatable bonds is 4. The monoisotopic (exact) mass is 374 g/mol. The quantitative estimate of drug-likeness (QED) is 0.551. The Morgan fingerprint density at radius 1 is 1.00 bits per heavy atom. The van der Waals surface area contributed by atoms with E-state index in [2.05, 4.69) is 4.98 Å². The molecule has 0 fully saturated rings. The Morgan fingerprint density at radius 2 is 1.68 bits per heavy atom. The molecule has 4 aromatic rings. The van der Waals surface area contributed by atoms with E-state index in [1.807, 2.05) is 73.0 Å². The molecule has 2 aromatic carbocycles. The molecule has 28 heavy (non-hydrogen) atoms. The van der Waals surface area contributed by atoms with Crippen molar-refractivity contribution in [3.63, 3.8) is 0 Å². The van der Waals surface area contributed by atoms with Crippen molar-refractivity contribution in [3.8, 4) is 5.69 Å². The minimum Gasteiger partial charge on any atom is -0.317 e. The van der Waals surface area contributed by atoms with Gasteiger partial charge in [-0.15, -0.1) is 0 Å². The minimum absolute atomic E-state index is 0.0897. The van der Waals surface area contributed by atoms with E-state index < -0.39 is 0 Å². The van der Waals surface area contributed by atoms with E-state index in [-0.39, 0.29) is 17.3 Å². The third kappa shape index (κ3) is 2.78. The predicted octanol–water partition coefficient (Wildman–Crippen LogP) is 3.29. The van der Waals surface area contributed by atoms with Gasteiger partial charge in [0.1, 0.15) is 0 Å². The number of aromatic nitrogens is 4. The minimum atomic E-state index is -0.374. The zero-order valence-electron chi connectivity index (χ0n) is 16.2. The lowest BCUT2D eigenvalue weighted by molar-refractivity contribution is 0.631. The van der Waals surface area contributed by atoms with Crippen molar-refractivity contribution in [3.05, 3.63) is 92.9 Å². The molecule has 6 heteroatoms. The van der Waals surface area contributed by atoms with Crippen LogP contribution in [0, 0.1) is 6.92 Å². The zero-order valence-corrected chi connectivity index (χ0v) is 16.2. The largest absolute Gasteiger partial charge is 0.337 e.